The number of imide groups is 1. The first-order valence-corrected chi connectivity index (χ1v) is 9.22. The van der Waals surface area contributed by atoms with E-state index in [-0.39, 0.29) is 11.8 Å². The molecule has 0 unspecified atom stereocenters. The molecular formula is C17H18N4O2S. The number of aromatic nitrogens is 3. The van der Waals surface area contributed by atoms with E-state index in [0.29, 0.717) is 23.7 Å². The highest BCUT2D eigenvalue weighted by Crippen LogP contribution is 2.37. The van der Waals surface area contributed by atoms with Crippen molar-refractivity contribution in [2.75, 3.05) is 12.3 Å². The van der Waals surface area contributed by atoms with Crippen molar-refractivity contribution in [3.8, 4) is 0 Å². The molecule has 2 aromatic rings. The van der Waals surface area contributed by atoms with Gasteiger partial charge in [-0.3, -0.25) is 14.5 Å². The number of unbranched alkanes of at least 4 members (excludes halogenated alkanes) is 1. The minimum Gasteiger partial charge on any atom is -0.306 e. The highest BCUT2D eigenvalue weighted by molar-refractivity contribution is 7.99. The molecule has 0 spiro atoms. The quantitative estimate of drug-likeness (QED) is 0.440. The molecule has 1 aliphatic carbocycles. The molecule has 0 saturated heterocycles. The zero-order valence-electron chi connectivity index (χ0n) is 13.2. The van der Waals surface area contributed by atoms with Crippen molar-refractivity contribution in [3.63, 3.8) is 0 Å². The summed E-state index contributed by atoms with van der Waals surface area (Å²) in [5.41, 5.74) is 1.05. The second-order valence-corrected chi connectivity index (χ2v) is 7.18. The van der Waals surface area contributed by atoms with E-state index in [1.165, 1.54) is 17.7 Å². The zero-order valence-corrected chi connectivity index (χ0v) is 14.0. The Labute approximate surface area is 144 Å². The number of amides is 2. The predicted molar refractivity (Wildman–Crippen MR) is 90.1 cm³/mol. The van der Waals surface area contributed by atoms with Gasteiger partial charge in [0.05, 0.1) is 11.1 Å². The van der Waals surface area contributed by atoms with Crippen LogP contribution in [0, 0.1) is 0 Å². The standard InChI is InChI=1S/C17H18N4O2S/c22-15-13-5-1-2-6-14(13)16(23)20(15)9-3-4-10-24-17-19-18-11-21(17)12-7-8-12/h1-2,5-6,11-12H,3-4,7-10H2. The van der Waals surface area contributed by atoms with Gasteiger partial charge >= 0.3 is 0 Å². The van der Waals surface area contributed by atoms with Gasteiger partial charge in [0, 0.05) is 18.3 Å². The average molecular weight is 342 g/mol. The molecule has 4 rings (SSSR count). The Balaban J connectivity index is 1.26. The summed E-state index contributed by atoms with van der Waals surface area (Å²) in [5.74, 6) is 0.572. The SMILES string of the molecule is O=C1c2ccccc2C(=O)N1CCCCSc1nncn1C1CC1. The topological polar surface area (TPSA) is 68.1 Å². The second-order valence-electron chi connectivity index (χ2n) is 6.12. The largest absolute Gasteiger partial charge is 0.306 e. The monoisotopic (exact) mass is 342 g/mol. The molecule has 0 bridgehead atoms. The van der Waals surface area contributed by atoms with Crippen LogP contribution >= 0.6 is 11.8 Å². The van der Waals surface area contributed by atoms with Crippen LogP contribution in [0.1, 0.15) is 52.4 Å². The number of rotatable bonds is 7. The summed E-state index contributed by atoms with van der Waals surface area (Å²) < 4.78 is 2.15. The number of nitrogens with zero attached hydrogens (tertiary/aromatic N) is 4. The van der Waals surface area contributed by atoms with Crippen LogP contribution in [0.15, 0.2) is 35.7 Å². The molecule has 1 fully saturated rings. The molecule has 1 aromatic carbocycles. The summed E-state index contributed by atoms with van der Waals surface area (Å²) in [6.07, 6.45) is 5.96. The highest BCUT2D eigenvalue weighted by Gasteiger charge is 2.34. The summed E-state index contributed by atoms with van der Waals surface area (Å²) in [5, 5.41) is 9.11. The molecule has 6 nitrogen and oxygen atoms in total. The Bertz CT molecular complexity index is 749. The van der Waals surface area contributed by atoms with Crippen molar-refractivity contribution in [2.24, 2.45) is 0 Å². The van der Waals surface area contributed by atoms with Gasteiger partial charge in [-0.2, -0.15) is 0 Å². The predicted octanol–water partition coefficient (Wildman–Crippen LogP) is 2.78. The van der Waals surface area contributed by atoms with Gasteiger partial charge in [0.1, 0.15) is 6.33 Å². The normalized spacial score (nSPS) is 16.8. The summed E-state index contributed by atoms with van der Waals surface area (Å²) in [6, 6.07) is 7.60. The molecular weight excluding hydrogens is 324 g/mol. The Kier molecular flexibility index (Phi) is 4.10. The lowest BCUT2D eigenvalue weighted by Gasteiger charge is -2.13. The number of hydrogen-bond donors (Lipinski definition) is 0. The van der Waals surface area contributed by atoms with E-state index in [0.717, 1.165) is 23.8 Å². The van der Waals surface area contributed by atoms with Crippen LogP contribution in [0.5, 0.6) is 0 Å². The highest BCUT2D eigenvalue weighted by atomic mass is 32.2. The van der Waals surface area contributed by atoms with Crippen LogP contribution in [0.3, 0.4) is 0 Å². The van der Waals surface area contributed by atoms with E-state index in [2.05, 4.69) is 14.8 Å². The fourth-order valence-corrected chi connectivity index (χ4v) is 3.90. The molecule has 0 atom stereocenters. The van der Waals surface area contributed by atoms with Gasteiger partial charge in [-0.05, 0) is 37.8 Å². The van der Waals surface area contributed by atoms with E-state index in [1.54, 1.807) is 42.4 Å². The number of hydrogen-bond acceptors (Lipinski definition) is 5. The maximum Gasteiger partial charge on any atom is 0.261 e. The minimum atomic E-state index is -0.170. The molecule has 124 valence electrons. The summed E-state index contributed by atoms with van der Waals surface area (Å²) in [4.78, 5) is 25.9. The number of benzene rings is 1. The molecule has 1 aromatic heterocycles. The molecule has 1 aliphatic heterocycles. The molecule has 2 heterocycles. The first-order chi connectivity index (χ1) is 11.8. The van der Waals surface area contributed by atoms with Crippen molar-refractivity contribution in [3.05, 3.63) is 41.7 Å². The van der Waals surface area contributed by atoms with E-state index in [1.807, 2.05) is 0 Å². The van der Waals surface area contributed by atoms with Crippen LogP contribution in [-0.2, 0) is 0 Å². The number of carbonyl (C=O) groups excluding carboxylic acids is 2. The maximum absolute atomic E-state index is 12.3. The first-order valence-electron chi connectivity index (χ1n) is 8.23. The van der Waals surface area contributed by atoms with Crippen LogP contribution in [0.25, 0.3) is 0 Å². The summed E-state index contributed by atoms with van der Waals surface area (Å²) >= 11 is 1.69. The van der Waals surface area contributed by atoms with E-state index < -0.39 is 0 Å². The molecule has 24 heavy (non-hydrogen) atoms. The van der Waals surface area contributed by atoms with Crippen molar-refractivity contribution in [2.45, 2.75) is 36.9 Å². The summed E-state index contributed by atoms with van der Waals surface area (Å²) in [7, 11) is 0. The van der Waals surface area contributed by atoms with Gasteiger partial charge in [0.25, 0.3) is 11.8 Å². The minimum absolute atomic E-state index is 0.170. The number of fused-ring (bicyclic) bond motifs is 1. The van der Waals surface area contributed by atoms with Crippen LogP contribution in [0.4, 0.5) is 0 Å². The van der Waals surface area contributed by atoms with E-state index in [4.69, 9.17) is 0 Å². The van der Waals surface area contributed by atoms with Crippen molar-refractivity contribution in [1.82, 2.24) is 19.7 Å². The van der Waals surface area contributed by atoms with Crippen molar-refractivity contribution < 1.29 is 9.59 Å². The maximum atomic E-state index is 12.3. The number of carbonyl (C=O) groups is 2. The third kappa shape index (κ3) is 2.84. The van der Waals surface area contributed by atoms with Crippen molar-refractivity contribution >= 4 is 23.6 Å². The smallest absolute Gasteiger partial charge is 0.261 e. The molecule has 2 aliphatic rings. The molecule has 7 heteroatoms. The number of thioether (sulfide) groups is 1. The second kappa shape index (κ2) is 6.39. The van der Waals surface area contributed by atoms with Crippen molar-refractivity contribution in [1.29, 1.82) is 0 Å². The lowest BCUT2D eigenvalue weighted by molar-refractivity contribution is 0.0652. The molecule has 2 amide bonds. The third-order valence-electron chi connectivity index (χ3n) is 4.37. The Hall–Kier alpha value is -2.15. The Morgan fingerprint density at radius 3 is 2.46 bits per heavy atom. The summed E-state index contributed by atoms with van der Waals surface area (Å²) in [6.45, 7) is 0.474. The fourth-order valence-electron chi connectivity index (χ4n) is 2.92. The Morgan fingerprint density at radius 2 is 1.79 bits per heavy atom. The molecule has 0 radical (unpaired) electrons. The Morgan fingerprint density at radius 1 is 1.08 bits per heavy atom. The van der Waals surface area contributed by atoms with Gasteiger partial charge in [-0.25, -0.2) is 0 Å². The van der Waals surface area contributed by atoms with Crippen LogP contribution in [0.2, 0.25) is 0 Å². The first kappa shape index (κ1) is 15.4. The van der Waals surface area contributed by atoms with Gasteiger partial charge < -0.3 is 4.57 Å². The van der Waals surface area contributed by atoms with Gasteiger partial charge in [0.15, 0.2) is 5.16 Å². The van der Waals surface area contributed by atoms with Crippen LogP contribution < -0.4 is 0 Å². The third-order valence-corrected chi connectivity index (χ3v) is 5.41. The van der Waals surface area contributed by atoms with E-state index in [9.17, 15) is 9.59 Å². The van der Waals surface area contributed by atoms with E-state index >= 15 is 0 Å². The lowest BCUT2D eigenvalue weighted by atomic mass is 10.1. The fraction of sp³-hybridized carbons (Fsp3) is 0.412. The van der Waals surface area contributed by atoms with Gasteiger partial charge in [0.2, 0.25) is 0 Å². The zero-order chi connectivity index (χ0) is 16.5. The average Bonchev–Trinajstić information content (AvgIpc) is 3.30. The molecule has 1 saturated carbocycles. The molecule has 0 N–H and O–H groups in total. The van der Waals surface area contributed by atoms with Gasteiger partial charge in [-0.1, -0.05) is 23.9 Å². The van der Waals surface area contributed by atoms with Crippen LogP contribution in [-0.4, -0.2) is 43.8 Å². The lowest BCUT2D eigenvalue weighted by Crippen LogP contribution is -2.30. The van der Waals surface area contributed by atoms with Gasteiger partial charge in [-0.15, -0.1) is 10.2 Å².